The summed E-state index contributed by atoms with van der Waals surface area (Å²) in [7, 11) is 0. The molecule has 1 aromatic heterocycles. The molecule has 2 aliphatic heterocycles. The third-order valence-corrected chi connectivity index (χ3v) is 6.28. The number of carbonyl (C=O) groups is 2. The molecule has 2 amide bonds. The average Bonchev–Trinajstić information content (AvgIpc) is 3.10. The minimum atomic E-state index is -0.154. The number of likely N-dealkylation sites (tertiary alicyclic amines) is 1. The van der Waals surface area contributed by atoms with E-state index in [1.807, 2.05) is 23.6 Å². The summed E-state index contributed by atoms with van der Waals surface area (Å²) in [6, 6.07) is 3.95. The van der Waals surface area contributed by atoms with E-state index in [1.54, 1.807) is 22.3 Å². The molecule has 6 heteroatoms. The number of amides is 2. The van der Waals surface area contributed by atoms with Crippen molar-refractivity contribution in [2.45, 2.75) is 25.4 Å². The van der Waals surface area contributed by atoms with Crippen LogP contribution in [0.4, 0.5) is 0 Å². The first kappa shape index (κ1) is 16.8. The maximum atomic E-state index is 12.7. The van der Waals surface area contributed by atoms with Gasteiger partial charge in [0.2, 0.25) is 11.8 Å². The summed E-state index contributed by atoms with van der Waals surface area (Å²) in [6.07, 6.45) is 6.80. The molecule has 1 N–H and O–H groups in total. The molecule has 1 aliphatic carbocycles. The molecule has 3 fully saturated rings. The van der Waals surface area contributed by atoms with Crippen LogP contribution in [-0.4, -0.2) is 49.1 Å². The molecule has 2 saturated heterocycles. The number of hydrogen-bond acceptors (Lipinski definition) is 4. The fourth-order valence-corrected chi connectivity index (χ4v) is 4.40. The van der Waals surface area contributed by atoms with Crippen LogP contribution in [0.1, 0.15) is 24.1 Å². The smallest absolute Gasteiger partial charge is 0.246 e. The van der Waals surface area contributed by atoms with Crippen LogP contribution in [0.15, 0.2) is 23.6 Å². The van der Waals surface area contributed by atoms with Crippen molar-refractivity contribution in [3.8, 4) is 0 Å². The van der Waals surface area contributed by atoms with Crippen molar-refractivity contribution >= 4 is 29.2 Å². The van der Waals surface area contributed by atoms with E-state index in [9.17, 15) is 9.59 Å². The molecule has 0 unspecified atom stereocenters. The summed E-state index contributed by atoms with van der Waals surface area (Å²) < 4.78 is 5.81. The third-order valence-electron chi connectivity index (χ3n) is 5.44. The lowest BCUT2D eigenvalue weighted by Crippen LogP contribution is -2.54. The lowest BCUT2D eigenvalue weighted by Gasteiger charge is -2.38. The predicted octanol–water partition coefficient (Wildman–Crippen LogP) is 2.15. The molecule has 5 nitrogen and oxygen atoms in total. The van der Waals surface area contributed by atoms with E-state index in [1.165, 1.54) is 12.8 Å². The van der Waals surface area contributed by atoms with E-state index in [0.29, 0.717) is 25.6 Å². The Morgan fingerprint density at radius 3 is 2.96 bits per heavy atom. The molecule has 4 rings (SSSR count). The highest BCUT2D eigenvalue weighted by Gasteiger charge is 2.44. The van der Waals surface area contributed by atoms with Crippen LogP contribution in [0.2, 0.25) is 0 Å². The van der Waals surface area contributed by atoms with Gasteiger partial charge in [-0.1, -0.05) is 6.07 Å². The number of rotatable bonds is 5. The molecule has 3 aliphatic rings. The highest BCUT2D eigenvalue weighted by atomic mass is 32.1. The van der Waals surface area contributed by atoms with Gasteiger partial charge in [0.05, 0.1) is 12.0 Å². The molecular formula is C19H24N2O3S. The molecule has 1 aromatic rings. The van der Waals surface area contributed by atoms with Crippen LogP contribution in [0.25, 0.3) is 6.08 Å². The van der Waals surface area contributed by atoms with E-state index in [2.05, 4.69) is 5.32 Å². The van der Waals surface area contributed by atoms with Crippen molar-refractivity contribution in [3.05, 3.63) is 28.5 Å². The predicted molar refractivity (Wildman–Crippen MR) is 97.0 cm³/mol. The highest BCUT2D eigenvalue weighted by molar-refractivity contribution is 7.10. The molecule has 3 atom stereocenters. The second kappa shape index (κ2) is 7.30. The number of piperidine rings is 1. The molecule has 25 heavy (non-hydrogen) atoms. The van der Waals surface area contributed by atoms with Crippen molar-refractivity contribution in [1.82, 2.24) is 10.2 Å². The third kappa shape index (κ3) is 3.96. The molecule has 0 radical (unpaired) electrons. The maximum absolute atomic E-state index is 12.7. The zero-order valence-electron chi connectivity index (χ0n) is 14.2. The summed E-state index contributed by atoms with van der Waals surface area (Å²) in [5.74, 6) is 0.799. The summed E-state index contributed by atoms with van der Waals surface area (Å²) in [5.41, 5.74) is 0. The number of nitrogens with zero attached hydrogens (tertiary/aromatic N) is 1. The standard InChI is InChI=1S/C19H24N2O3S/c22-18(6-5-14-2-1-9-25-14)21-11-16(15-7-8-24-17(15)12-21)19(23)20-10-13-3-4-13/h1-2,5-6,9,13,15-17H,3-4,7-8,10-12H2,(H,20,23)/b6-5+/t15-,16-,17+/m0/s1. The van der Waals surface area contributed by atoms with Gasteiger partial charge in [0.1, 0.15) is 0 Å². The Balaban J connectivity index is 1.41. The van der Waals surface area contributed by atoms with E-state index >= 15 is 0 Å². The second-order valence-electron chi connectivity index (χ2n) is 7.25. The van der Waals surface area contributed by atoms with Crippen molar-refractivity contribution in [2.24, 2.45) is 17.8 Å². The lowest BCUT2D eigenvalue weighted by atomic mass is 9.82. The van der Waals surface area contributed by atoms with Crippen molar-refractivity contribution in [2.75, 3.05) is 26.2 Å². The van der Waals surface area contributed by atoms with Gasteiger partial charge < -0.3 is 15.0 Å². The van der Waals surface area contributed by atoms with Crippen LogP contribution in [-0.2, 0) is 14.3 Å². The van der Waals surface area contributed by atoms with Gasteiger partial charge in [-0.3, -0.25) is 9.59 Å². The van der Waals surface area contributed by atoms with Gasteiger partial charge in [0.15, 0.2) is 0 Å². The fourth-order valence-electron chi connectivity index (χ4n) is 3.78. The number of fused-ring (bicyclic) bond motifs is 1. The minimum absolute atomic E-state index is 0.00971. The average molecular weight is 360 g/mol. The quantitative estimate of drug-likeness (QED) is 0.819. The Morgan fingerprint density at radius 1 is 1.32 bits per heavy atom. The first-order valence-electron chi connectivity index (χ1n) is 9.10. The van der Waals surface area contributed by atoms with Crippen molar-refractivity contribution in [1.29, 1.82) is 0 Å². The lowest BCUT2D eigenvalue weighted by molar-refractivity contribution is -0.138. The molecule has 0 bridgehead atoms. The number of carbonyl (C=O) groups excluding carboxylic acids is 2. The van der Waals surface area contributed by atoms with Gasteiger partial charge in [-0.2, -0.15) is 0 Å². The van der Waals surface area contributed by atoms with Crippen LogP contribution in [0.5, 0.6) is 0 Å². The van der Waals surface area contributed by atoms with Crippen molar-refractivity contribution in [3.63, 3.8) is 0 Å². The topological polar surface area (TPSA) is 58.6 Å². The summed E-state index contributed by atoms with van der Waals surface area (Å²) in [5, 5.41) is 5.08. The molecule has 3 heterocycles. The molecule has 0 aromatic carbocycles. The number of ether oxygens (including phenoxy) is 1. The molecule has 134 valence electrons. The SMILES string of the molecule is O=C(NCC1CC1)[C@H]1CN(C(=O)/C=C/c2cccs2)C[C@H]2OCC[C@@H]12. The summed E-state index contributed by atoms with van der Waals surface area (Å²) in [6.45, 7) is 2.55. The van der Waals surface area contributed by atoms with Gasteiger partial charge in [-0.15, -0.1) is 11.3 Å². The highest BCUT2D eigenvalue weighted by Crippen LogP contribution is 2.34. The Labute approximate surface area is 152 Å². The number of hydrogen-bond donors (Lipinski definition) is 1. The minimum Gasteiger partial charge on any atom is -0.376 e. The van der Waals surface area contributed by atoms with E-state index < -0.39 is 0 Å². The van der Waals surface area contributed by atoms with Gasteiger partial charge in [-0.05, 0) is 42.7 Å². The first-order chi connectivity index (χ1) is 12.2. The zero-order chi connectivity index (χ0) is 17.2. The Morgan fingerprint density at radius 2 is 2.20 bits per heavy atom. The Hall–Kier alpha value is -1.66. The summed E-state index contributed by atoms with van der Waals surface area (Å²) in [4.78, 5) is 28.1. The van der Waals surface area contributed by atoms with E-state index in [4.69, 9.17) is 4.74 Å². The second-order valence-corrected chi connectivity index (χ2v) is 8.23. The van der Waals surface area contributed by atoms with Crippen LogP contribution in [0, 0.1) is 17.8 Å². The molecular weight excluding hydrogens is 336 g/mol. The normalized spacial score (nSPS) is 29.0. The van der Waals surface area contributed by atoms with Gasteiger partial charge >= 0.3 is 0 Å². The first-order valence-corrected chi connectivity index (χ1v) is 9.98. The Bertz CT molecular complexity index is 654. The van der Waals surface area contributed by atoms with E-state index in [-0.39, 0.29) is 29.8 Å². The van der Waals surface area contributed by atoms with Crippen LogP contribution < -0.4 is 5.32 Å². The van der Waals surface area contributed by atoms with E-state index in [0.717, 1.165) is 17.8 Å². The number of thiophene rings is 1. The van der Waals surface area contributed by atoms with Crippen molar-refractivity contribution < 1.29 is 14.3 Å². The van der Waals surface area contributed by atoms with Crippen LogP contribution in [0.3, 0.4) is 0 Å². The maximum Gasteiger partial charge on any atom is 0.246 e. The van der Waals surface area contributed by atoms with Crippen LogP contribution >= 0.6 is 11.3 Å². The number of nitrogens with one attached hydrogen (secondary N) is 1. The molecule has 0 spiro atoms. The zero-order valence-corrected chi connectivity index (χ0v) is 15.0. The van der Waals surface area contributed by atoms with Gasteiger partial charge in [0, 0.05) is 43.1 Å². The molecule has 1 saturated carbocycles. The van der Waals surface area contributed by atoms with Gasteiger partial charge in [-0.25, -0.2) is 0 Å². The Kier molecular flexibility index (Phi) is 4.90. The van der Waals surface area contributed by atoms with Gasteiger partial charge in [0.25, 0.3) is 0 Å². The monoisotopic (exact) mass is 360 g/mol. The largest absolute Gasteiger partial charge is 0.376 e. The summed E-state index contributed by atoms with van der Waals surface area (Å²) >= 11 is 1.60. The fraction of sp³-hybridized carbons (Fsp3) is 0.579.